The van der Waals surface area contributed by atoms with Gasteiger partial charge >= 0.3 is 12.4 Å². The number of aromatic nitrogens is 2. The van der Waals surface area contributed by atoms with Gasteiger partial charge < -0.3 is 28.4 Å². The SMILES string of the molecule is COc1ccc(C(OC[C@H]2O[C@@H](n3cc(C)c(=O)[nH]c3=O)C[C@@H]2OP(O)(=S)Oc2c(Cl)cc(Cl)cc2Cl)(c2ccccc2)c2ccc(OC)cc2)cc1. The predicted molar refractivity (Wildman–Crippen MR) is 206 cm³/mol. The molecule has 0 spiro atoms. The Balaban J connectivity index is 1.42. The first kappa shape index (κ1) is 39.0. The number of H-pyrrole nitrogens is 1. The van der Waals surface area contributed by atoms with Gasteiger partial charge in [0.25, 0.3) is 5.56 Å². The molecule has 53 heavy (non-hydrogen) atoms. The van der Waals surface area contributed by atoms with Gasteiger partial charge in [-0.15, -0.1) is 0 Å². The first-order valence-corrected chi connectivity index (χ1v) is 19.9. The van der Waals surface area contributed by atoms with Crippen molar-refractivity contribution in [2.24, 2.45) is 0 Å². The Kier molecular flexibility index (Phi) is 12.0. The smallest absolute Gasteiger partial charge is 0.378 e. The minimum Gasteiger partial charge on any atom is -0.497 e. The lowest BCUT2D eigenvalue weighted by Gasteiger charge is -2.37. The third kappa shape index (κ3) is 8.52. The van der Waals surface area contributed by atoms with Gasteiger partial charge in [-0.1, -0.05) is 89.4 Å². The Bertz CT molecular complexity index is 2170. The average Bonchev–Trinajstić information content (AvgIpc) is 3.53. The second kappa shape index (κ2) is 16.4. The molecular weight excluding hydrogens is 786 g/mol. The van der Waals surface area contributed by atoms with Crippen LogP contribution in [-0.4, -0.2) is 47.5 Å². The lowest BCUT2D eigenvalue weighted by Crippen LogP contribution is -2.38. The molecule has 0 bridgehead atoms. The molecule has 1 aromatic heterocycles. The molecule has 278 valence electrons. The fourth-order valence-corrected chi connectivity index (χ4v) is 8.73. The highest BCUT2D eigenvalue weighted by molar-refractivity contribution is 8.07. The van der Waals surface area contributed by atoms with Gasteiger partial charge in [-0.3, -0.25) is 18.9 Å². The highest BCUT2D eigenvalue weighted by Gasteiger charge is 2.45. The Morgan fingerprint density at radius 3 is 2.00 bits per heavy atom. The van der Waals surface area contributed by atoms with Gasteiger partial charge in [0.15, 0.2) is 5.75 Å². The zero-order valence-electron chi connectivity index (χ0n) is 28.5. The van der Waals surface area contributed by atoms with Crippen LogP contribution in [0, 0.1) is 6.92 Å². The first-order chi connectivity index (χ1) is 25.3. The van der Waals surface area contributed by atoms with E-state index in [4.69, 9.17) is 74.6 Å². The highest BCUT2D eigenvalue weighted by Crippen LogP contribution is 2.52. The van der Waals surface area contributed by atoms with E-state index in [1.165, 1.54) is 22.9 Å². The molecule has 2 N–H and O–H groups in total. The maximum atomic E-state index is 13.0. The number of nitrogens with zero attached hydrogens (tertiary/aromatic N) is 1. The molecule has 16 heteroatoms. The van der Waals surface area contributed by atoms with Crippen LogP contribution in [0.5, 0.6) is 17.2 Å². The molecule has 11 nitrogen and oxygen atoms in total. The number of halogens is 3. The van der Waals surface area contributed by atoms with Crippen molar-refractivity contribution >= 4 is 53.3 Å². The van der Waals surface area contributed by atoms with E-state index in [0.717, 1.165) is 16.7 Å². The minimum atomic E-state index is -4.16. The standard InChI is InChI=1S/C37H34Cl3N2O9PS/c1-22-20-42(36(44)41-35(22)43)33-19-31(50-52(45,53)51-34-29(39)17-26(38)18-30(34)40)32(49-33)21-48-37(23-7-5-4-6-8-23,24-9-13-27(46-2)14-10-24)25-11-15-28(47-3)16-12-25/h4-18,20,31-33H,19,21H2,1-3H3,(H,45,53)(H,41,43,44)/t31-,32+,33+,52?/m0/s1. The molecule has 0 radical (unpaired) electrons. The van der Waals surface area contributed by atoms with Gasteiger partial charge in [-0.25, -0.2) is 4.79 Å². The number of aromatic amines is 1. The molecule has 1 fully saturated rings. The number of ether oxygens (including phenoxy) is 4. The summed E-state index contributed by atoms with van der Waals surface area (Å²) < 4.78 is 37.5. The van der Waals surface area contributed by atoms with E-state index in [9.17, 15) is 14.5 Å². The highest BCUT2D eigenvalue weighted by atomic mass is 35.5. The van der Waals surface area contributed by atoms with E-state index >= 15 is 0 Å². The van der Waals surface area contributed by atoms with Crippen LogP contribution in [0.1, 0.15) is 34.9 Å². The summed E-state index contributed by atoms with van der Waals surface area (Å²) in [6, 6.07) is 27.4. The Morgan fingerprint density at radius 2 is 1.45 bits per heavy atom. The quantitative estimate of drug-likeness (QED) is 0.0897. The van der Waals surface area contributed by atoms with Crippen molar-refractivity contribution in [3.63, 3.8) is 0 Å². The van der Waals surface area contributed by atoms with E-state index in [-0.39, 0.29) is 39.4 Å². The summed E-state index contributed by atoms with van der Waals surface area (Å²) in [6.45, 7) is -2.74. The molecule has 1 aliphatic rings. The molecule has 6 rings (SSSR count). The lowest BCUT2D eigenvalue weighted by molar-refractivity contribution is -0.0923. The Labute approximate surface area is 325 Å². The largest absolute Gasteiger partial charge is 0.497 e. The van der Waals surface area contributed by atoms with Crippen molar-refractivity contribution in [2.75, 3.05) is 20.8 Å². The average molecular weight is 820 g/mol. The third-order valence-electron chi connectivity index (χ3n) is 8.71. The molecule has 1 aliphatic heterocycles. The third-order valence-corrected chi connectivity index (χ3v) is 10.9. The van der Waals surface area contributed by atoms with Crippen LogP contribution in [0.4, 0.5) is 0 Å². The summed E-state index contributed by atoms with van der Waals surface area (Å²) in [5.41, 5.74) is 0.137. The molecule has 4 atom stereocenters. The maximum Gasteiger partial charge on any atom is 0.378 e. The van der Waals surface area contributed by atoms with Crippen LogP contribution in [0.2, 0.25) is 15.1 Å². The minimum absolute atomic E-state index is 0.00716. The lowest BCUT2D eigenvalue weighted by atomic mass is 9.80. The number of aryl methyl sites for hydroxylation is 1. The van der Waals surface area contributed by atoms with E-state index in [2.05, 4.69) is 4.98 Å². The van der Waals surface area contributed by atoms with Crippen LogP contribution < -0.4 is 25.2 Å². The Hall–Kier alpha value is -3.68. The van der Waals surface area contributed by atoms with Crippen LogP contribution >= 0.6 is 41.5 Å². The monoisotopic (exact) mass is 818 g/mol. The predicted octanol–water partition coefficient (Wildman–Crippen LogP) is 7.80. The molecule has 2 heterocycles. The number of methoxy groups -OCH3 is 2. The zero-order chi connectivity index (χ0) is 37.9. The maximum absolute atomic E-state index is 13.0. The molecule has 0 saturated carbocycles. The van der Waals surface area contributed by atoms with Crippen LogP contribution in [-0.2, 0) is 31.4 Å². The number of rotatable bonds is 13. The van der Waals surface area contributed by atoms with Gasteiger partial charge in [0.2, 0.25) is 0 Å². The number of hydrogen-bond donors (Lipinski definition) is 2. The van der Waals surface area contributed by atoms with Crippen LogP contribution in [0.3, 0.4) is 0 Å². The van der Waals surface area contributed by atoms with Crippen molar-refractivity contribution in [1.29, 1.82) is 0 Å². The topological polar surface area (TPSA) is 130 Å². The molecule has 4 aromatic carbocycles. The summed E-state index contributed by atoms with van der Waals surface area (Å²) in [4.78, 5) is 38.9. The summed E-state index contributed by atoms with van der Waals surface area (Å²) in [5, 5.41) is 0.273. The summed E-state index contributed by atoms with van der Waals surface area (Å²) in [7, 11) is 3.17. The van der Waals surface area contributed by atoms with E-state index < -0.39 is 42.0 Å². The summed E-state index contributed by atoms with van der Waals surface area (Å²) >= 11 is 24.2. The van der Waals surface area contributed by atoms with Crippen LogP contribution in [0.15, 0.2) is 107 Å². The van der Waals surface area contributed by atoms with Gasteiger partial charge in [-0.05, 0) is 60.0 Å². The molecular formula is C37H34Cl3N2O9PS. The van der Waals surface area contributed by atoms with Gasteiger partial charge in [0.1, 0.15) is 35.5 Å². The van der Waals surface area contributed by atoms with Crippen LogP contribution in [0.25, 0.3) is 0 Å². The summed E-state index contributed by atoms with van der Waals surface area (Å²) in [5.74, 6) is 1.19. The molecule has 0 amide bonds. The second-order valence-corrected chi connectivity index (χ2v) is 16.0. The fourth-order valence-electron chi connectivity index (χ4n) is 6.14. The number of benzene rings is 4. The van der Waals surface area contributed by atoms with E-state index in [0.29, 0.717) is 11.5 Å². The van der Waals surface area contributed by atoms with Crippen molar-refractivity contribution in [3.05, 3.63) is 155 Å². The van der Waals surface area contributed by atoms with Crippen molar-refractivity contribution in [3.8, 4) is 17.2 Å². The van der Waals surface area contributed by atoms with E-state index in [1.54, 1.807) is 21.1 Å². The van der Waals surface area contributed by atoms with Crippen molar-refractivity contribution < 1.29 is 32.9 Å². The van der Waals surface area contributed by atoms with Crippen molar-refractivity contribution in [1.82, 2.24) is 9.55 Å². The second-order valence-electron chi connectivity index (χ2n) is 12.1. The fraction of sp³-hybridized carbons (Fsp3) is 0.243. The normalized spacial score (nSPS) is 18.4. The Morgan fingerprint density at radius 1 is 0.906 bits per heavy atom. The number of nitrogens with one attached hydrogen (secondary N) is 1. The van der Waals surface area contributed by atoms with E-state index in [1.807, 2.05) is 78.9 Å². The van der Waals surface area contributed by atoms with Gasteiger partial charge in [0.05, 0.1) is 30.9 Å². The molecule has 0 aliphatic carbocycles. The first-order valence-electron chi connectivity index (χ1n) is 16.1. The molecule has 1 unspecified atom stereocenters. The van der Waals surface area contributed by atoms with Gasteiger partial charge in [-0.2, -0.15) is 0 Å². The zero-order valence-corrected chi connectivity index (χ0v) is 32.5. The molecule has 5 aromatic rings. The number of hydrogen-bond acceptors (Lipinski definition) is 9. The summed E-state index contributed by atoms with van der Waals surface area (Å²) in [6.07, 6.45) is -1.50. The molecule has 1 saturated heterocycles. The van der Waals surface area contributed by atoms with Gasteiger partial charge in [0, 0.05) is 35.0 Å². The van der Waals surface area contributed by atoms with Crippen molar-refractivity contribution in [2.45, 2.75) is 37.4 Å².